The molecule has 2 aromatic rings. The van der Waals surface area contributed by atoms with Gasteiger partial charge in [-0.15, -0.1) is 0 Å². The fourth-order valence-electron chi connectivity index (χ4n) is 2.99. The van der Waals surface area contributed by atoms with Gasteiger partial charge >= 0.3 is 11.9 Å². The van der Waals surface area contributed by atoms with Crippen molar-refractivity contribution in [3.8, 4) is 0 Å². The molecule has 1 aromatic heterocycles. The highest BCUT2D eigenvalue weighted by molar-refractivity contribution is 5.97. The average molecular weight is 469 g/mol. The minimum absolute atomic E-state index is 0.211. The molecule has 34 heavy (non-hydrogen) atoms. The first-order chi connectivity index (χ1) is 16.0. The van der Waals surface area contributed by atoms with E-state index in [0.29, 0.717) is 22.9 Å². The van der Waals surface area contributed by atoms with E-state index in [1.54, 1.807) is 30.5 Å². The Bertz CT molecular complexity index is 1210. The van der Waals surface area contributed by atoms with E-state index in [1.165, 1.54) is 0 Å². The summed E-state index contributed by atoms with van der Waals surface area (Å²) in [4.78, 5) is 49.3. The highest BCUT2D eigenvalue weighted by Crippen LogP contribution is 2.16. The van der Waals surface area contributed by atoms with Crippen LogP contribution in [0.1, 0.15) is 42.7 Å². The van der Waals surface area contributed by atoms with E-state index < -0.39 is 23.9 Å². The van der Waals surface area contributed by atoms with Gasteiger partial charge in [-0.3, -0.25) is 14.6 Å². The number of amides is 1. The summed E-state index contributed by atoms with van der Waals surface area (Å²) in [5, 5.41) is 21.1. The van der Waals surface area contributed by atoms with Crippen LogP contribution in [0.25, 0.3) is 12.4 Å². The number of anilines is 1. The van der Waals surface area contributed by atoms with Gasteiger partial charge in [-0.25, -0.2) is 14.8 Å². The second-order valence-electron chi connectivity index (χ2n) is 7.80. The van der Waals surface area contributed by atoms with Crippen molar-refractivity contribution in [3.63, 3.8) is 0 Å². The van der Waals surface area contributed by atoms with Crippen LogP contribution in [0, 0.1) is 0 Å². The van der Waals surface area contributed by atoms with E-state index >= 15 is 0 Å². The number of carbonyl (C=O) groups is 3. The summed E-state index contributed by atoms with van der Waals surface area (Å²) in [5.41, 5.74) is 8.45. The number of nitrogens with two attached hydrogens (primary N) is 1. The molecule has 5 N–H and O–H groups in total. The topological polar surface area (TPSA) is 171 Å². The zero-order chi connectivity index (χ0) is 25.4. The lowest BCUT2D eigenvalue weighted by Gasteiger charge is -2.19. The second kappa shape index (κ2) is 11.5. The van der Waals surface area contributed by atoms with Crippen molar-refractivity contribution in [3.05, 3.63) is 52.4 Å². The molecule has 0 aliphatic heterocycles. The quantitative estimate of drug-likeness (QED) is 0.352. The number of carboxylic acid groups (broad SMARTS) is 2. The van der Waals surface area contributed by atoms with Gasteiger partial charge in [0.1, 0.15) is 11.4 Å². The van der Waals surface area contributed by atoms with Gasteiger partial charge < -0.3 is 26.2 Å². The first-order valence-electron chi connectivity index (χ1n) is 10.4. The third-order valence-corrected chi connectivity index (χ3v) is 4.70. The number of hydrogen-bond acceptors (Lipinski definition) is 8. The van der Waals surface area contributed by atoms with Gasteiger partial charge in [0, 0.05) is 30.4 Å². The Balaban J connectivity index is 2.14. The Morgan fingerprint density at radius 1 is 1.21 bits per heavy atom. The zero-order valence-corrected chi connectivity index (χ0v) is 19.3. The SMILES string of the molecule is C=c1ncc(CN(C)c2ccc(C(=O)NC(CCC(=O)O)C(=O)O)cc2)n/c1=C(\N)N=C(C)C. The van der Waals surface area contributed by atoms with Crippen molar-refractivity contribution < 1.29 is 24.6 Å². The number of nitrogens with one attached hydrogen (secondary N) is 1. The van der Waals surface area contributed by atoms with Crippen LogP contribution in [0.5, 0.6) is 0 Å². The molecule has 11 heteroatoms. The molecule has 0 aliphatic carbocycles. The molecule has 0 spiro atoms. The van der Waals surface area contributed by atoms with Crippen molar-refractivity contribution in [2.45, 2.75) is 39.3 Å². The average Bonchev–Trinajstić information content (AvgIpc) is 2.76. The monoisotopic (exact) mass is 468 g/mol. The van der Waals surface area contributed by atoms with Gasteiger partial charge in [0.05, 0.1) is 23.8 Å². The molecular formula is C23H28N6O5. The minimum Gasteiger partial charge on any atom is -0.481 e. The fraction of sp³-hybridized carbons (Fsp3) is 0.304. The molecule has 0 saturated heterocycles. The van der Waals surface area contributed by atoms with Crippen LogP contribution in [-0.2, 0) is 16.1 Å². The summed E-state index contributed by atoms with van der Waals surface area (Å²) in [5.74, 6) is -2.80. The largest absolute Gasteiger partial charge is 0.481 e. The summed E-state index contributed by atoms with van der Waals surface area (Å²) in [6.07, 6.45) is 1.02. The maximum Gasteiger partial charge on any atom is 0.326 e. The Morgan fingerprint density at radius 3 is 2.41 bits per heavy atom. The second-order valence-corrected chi connectivity index (χ2v) is 7.80. The van der Waals surface area contributed by atoms with Crippen LogP contribution >= 0.6 is 0 Å². The highest BCUT2D eigenvalue weighted by Gasteiger charge is 2.21. The Morgan fingerprint density at radius 2 is 1.85 bits per heavy atom. The van der Waals surface area contributed by atoms with Crippen LogP contribution in [0.4, 0.5) is 5.69 Å². The van der Waals surface area contributed by atoms with Crippen molar-refractivity contribution in [1.29, 1.82) is 0 Å². The first-order valence-corrected chi connectivity index (χ1v) is 10.4. The van der Waals surface area contributed by atoms with Crippen LogP contribution in [0.15, 0.2) is 35.5 Å². The molecule has 1 aromatic carbocycles. The van der Waals surface area contributed by atoms with Gasteiger partial charge in [-0.05, 0) is 44.5 Å². The summed E-state index contributed by atoms with van der Waals surface area (Å²) in [6, 6.07) is 5.23. The normalized spacial score (nSPS) is 12.3. The summed E-state index contributed by atoms with van der Waals surface area (Å²) in [6.45, 7) is 7.88. The van der Waals surface area contributed by atoms with Crippen molar-refractivity contribution in [2.75, 3.05) is 11.9 Å². The van der Waals surface area contributed by atoms with E-state index in [-0.39, 0.29) is 24.2 Å². The number of carboxylic acids is 2. The molecule has 2 rings (SSSR count). The third-order valence-electron chi connectivity index (χ3n) is 4.70. The predicted molar refractivity (Wildman–Crippen MR) is 127 cm³/mol. The Kier molecular flexibility index (Phi) is 8.82. The molecule has 0 radical (unpaired) electrons. The predicted octanol–water partition coefficient (Wildman–Crippen LogP) is 0.0763. The molecular weight excluding hydrogens is 440 g/mol. The number of benzene rings is 1. The summed E-state index contributed by atoms with van der Waals surface area (Å²) < 4.78 is 0. The molecule has 1 atom stereocenters. The van der Waals surface area contributed by atoms with E-state index in [2.05, 4.69) is 26.9 Å². The molecule has 0 aliphatic rings. The Hall–Kier alpha value is -4.28. The standard InChI is InChI=1S/C23H28N6O5/c1-13(2)26-21(24)20-14(3)25-11-16(27-20)12-29(4)17-7-5-15(6-8-17)22(32)28-18(23(33)34)9-10-19(30)31/h5-8,11,18H,3,9-10,12,24H2,1-2,4H3,(H,28,32)(H,30,31)(H,33,34)/b21-20+. The molecule has 0 bridgehead atoms. The van der Waals surface area contributed by atoms with Gasteiger partial charge in [-0.2, -0.15) is 0 Å². The summed E-state index contributed by atoms with van der Waals surface area (Å²) >= 11 is 0. The molecule has 0 fully saturated rings. The Labute approximate surface area is 196 Å². The van der Waals surface area contributed by atoms with Crippen molar-refractivity contribution in [1.82, 2.24) is 15.3 Å². The van der Waals surface area contributed by atoms with E-state index in [1.807, 2.05) is 25.8 Å². The van der Waals surface area contributed by atoms with Gasteiger partial charge in [0.25, 0.3) is 5.91 Å². The third kappa shape index (κ3) is 7.40. The number of nitrogens with zero attached hydrogens (tertiary/aromatic N) is 4. The minimum atomic E-state index is -1.29. The molecule has 1 unspecified atom stereocenters. The number of aliphatic carboxylic acids is 2. The maximum atomic E-state index is 12.4. The molecule has 180 valence electrons. The summed E-state index contributed by atoms with van der Waals surface area (Å²) in [7, 11) is 1.84. The van der Waals surface area contributed by atoms with Crippen LogP contribution in [0.3, 0.4) is 0 Å². The van der Waals surface area contributed by atoms with Crippen LogP contribution < -0.4 is 26.6 Å². The van der Waals surface area contributed by atoms with E-state index in [0.717, 1.165) is 11.4 Å². The number of rotatable bonds is 10. The highest BCUT2D eigenvalue weighted by atomic mass is 16.4. The van der Waals surface area contributed by atoms with Gasteiger partial charge in [0.2, 0.25) is 0 Å². The number of carbonyl (C=O) groups excluding carboxylic acids is 1. The maximum absolute atomic E-state index is 12.4. The molecule has 1 heterocycles. The lowest BCUT2D eigenvalue weighted by molar-refractivity contribution is -0.140. The van der Waals surface area contributed by atoms with Crippen molar-refractivity contribution >= 4 is 41.6 Å². The zero-order valence-electron chi connectivity index (χ0n) is 19.3. The van der Waals surface area contributed by atoms with Crippen LogP contribution in [-0.4, -0.2) is 56.8 Å². The molecule has 1 amide bonds. The van der Waals surface area contributed by atoms with Gasteiger partial charge in [-0.1, -0.05) is 6.58 Å². The van der Waals surface area contributed by atoms with Crippen LogP contribution in [0.2, 0.25) is 0 Å². The number of aromatic nitrogens is 2. The van der Waals surface area contributed by atoms with E-state index in [9.17, 15) is 19.5 Å². The fourth-order valence-corrected chi connectivity index (χ4v) is 2.99. The number of hydrogen-bond donors (Lipinski definition) is 4. The first kappa shape index (κ1) is 26.0. The molecule has 0 saturated carbocycles. The smallest absolute Gasteiger partial charge is 0.326 e. The molecule has 11 nitrogen and oxygen atoms in total. The lowest BCUT2D eigenvalue weighted by Crippen LogP contribution is -2.41. The van der Waals surface area contributed by atoms with Crippen molar-refractivity contribution in [2.24, 2.45) is 10.7 Å². The number of aliphatic imine (C=N–C) groups is 1. The lowest BCUT2D eigenvalue weighted by atomic mass is 10.1. The van der Waals surface area contributed by atoms with E-state index in [4.69, 9.17) is 10.8 Å². The van der Waals surface area contributed by atoms with Gasteiger partial charge in [0.15, 0.2) is 5.82 Å².